The summed E-state index contributed by atoms with van der Waals surface area (Å²) >= 11 is 6.87. The van der Waals surface area contributed by atoms with E-state index in [1.807, 2.05) is 0 Å². The Bertz CT molecular complexity index is 531. The normalized spacial score (nSPS) is 10.0. The first-order valence-electron chi connectivity index (χ1n) is 4.50. The predicted octanol–water partition coefficient (Wildman–Crippen LogP) is 1.28. The van der Waals surface area contributed by atoms with Gasteiger partial charge < -0.3 is 5.32 Å². The minimum absolute atomic E-state index is 0.263. The second kappa shape index (κ2) is 5.02. The van der Waals surface area contributed by atoms with E-state index >= 15 is 0 Å². The standard InChI is InChI=1S/C8H7ClN6OS/c1-10-6-2-4(5(9)3-11-6)7(16)12-8-13-14-15-17-8/h2-3H,1H3,(H,10,11)(H,12,13,15,16). The van der Waals surface area contributed by atoms with Crippen LogP contribution in [0.2, 0.25) is 5.02 Å². The van der Waals surface area contributed by atoms with Gasteiger partial charge in [0, 0.05) is 24.8 Å². The average Bonchev–Trinajstić information content (AvgIpc) is 2.82. The van der Waals surface area contributed by atoms with Gasteiger partial charge in [-0.3, -0.25) is 10.1 Å². The van der Waals surface area contributed by atoms with Crippen LogP contribution in [0.15, 0.2) is 12.3 Å². The fourth-order valence-electron chi connectivity index (χ4n) is 1.10. The van der Waals surface area contributed by atoms with E-state index < -0.39 is 0 Å². The van der Waals surface area contributed by atoms with Gasteiger partial charge in [-0.05, 0) is 11.3 Å². The summed E-state index contributed by atoms with van der Waals surface area (Å²) in [6.45, 7) is 0. The minimum atomic E-state index is -0.382. The number of hydrogen-bond acceptors (Lipinski definition) is 7. The van der Waals surface area contributed by atoms with Crippen LogP contribution in [0, 0.1) is 0 Å². The number of carbonyl (C=O) groups excluding carboxylic acids is 1. The van der Waals surface area contributed by atoms with Crippen molar-refractivity contribution in [1.29, 1.82) is 0 Å². The van der Waals surface area contributed by atoms with Crippen LogP contribution in [0.3, 0.4) is 0 Å². The van der Waals surface area contributed by atoms with E-state index in [9.17, 15) is 4.79 Å². The molecule has 0 radical (unpaired) electrons. The molecule has 0 saturated carbocycles. The van der Waals surface area contributed by atoms with E-state index in [0.29, 0.717) is 16.5 Å². The van der Waals surface area contributed by atoms with Gasteiger partial charge in [-0.2, -0.15) is 0 Å². The van der Waals surface area contributed by atoms with Crippen molar-refractivity contribution < 1.29 is 4.79 Å². The molecule has 0 bridgehead atoms. The molecule has 2 rings (SSSR count). The fourth-order valence-corrected chi connectivity index (χ4v) is 1.65. The molecule has 0 aliphatic carbocycles. The van der Waals surface area contributed by atoms with Crippen LogP contribution in [0.4, 0.5) is 10.9 Å². The Labute approximate surface area is 105 Å². The van der Waals surface area contributed by atoms with Gasteiger partial charge in [-0.25, -0.2) is 4.98 Å². The molecule has 0 aliphatic rings. The largest absolute Gasteiger partial charge is 0.373 e. The molecule has 88 valence electrons. The molecule has 2 N–H and O–H groups in total. The molecule has 0 unspecified atom stereocenters. The average molecular weight is 271 g/mol. The van der Waals surface area contributed by atoms with Gasteiger partial charge in [0.2, 0.25) is 5.13 Å². The Hall–Kier alpha value is -1.80. The van der Waals surface area contributed by atoms with Crippen LogP contribution in [-0.2, 0) is 0 Å². The molecule has 2 heterocycles. The SMILES string of the molecule is CNc1cc(C(=O)Nc2nnns2)c(Cl)cn1. The van der Waals surface area contributed by atoms with Crippen LogP contribution in [0.5, 0.6) is 0 Å². The van der Waals surface area contributed by atoms with E-state index in [4.69, 9.17) is 11.6 Å². The van der Waals surface area contributed by atoms with Crippen molar-refractivity contribution >= 4 is 40.0 Å². The van der Waals surface area contributed by atoms with Gasteiger partial charge in [0.15, 0.2) is 0 Å². The van der Waals surface area contributed by atoms with Crippen molar-refractivity contribution in [3.8, 4) is 0 Å². The maximum absolute atomic E-state index is 11.9. The van der Waals surface area contributed by atoms with Gasteiger partial charge in [-0.15, -0.1) is 0 Å². The summed E-state index contributed by atoms with van der Waals surface area (Å²) in [6.07, 6.45) is 1.40. The molecule has 2 aromatic heterocycles. The van der Waals surface area contributed by atoms with Crippen LogP contribution < -0.4 is 10.6 Å². The summed E-state index contributed by atoms with van der Waals surface area (Å²) in [4.78, 5) is 15.8. The number of nitrogens with one attached hydrogen (secondary N) is 2. The molecule has 9 heteroatoms. The quantitative estimate of drug-likeness (QED) is 0.873. The molecule has 17 heavy (non-hydrogen) atoms. The molecule has 0 aromatic carbocycles. The second-order valence-electron chi connectivity index (χ2n) is 2.92. The number of nitrogens with zero attached hydrogens (tertiary/aromatic N) is 4. The maximum Gasteiger partial charge on any atom is 0.259 e. The molecule has 0 aliphatic heterocycles. The summed E-state index contributed by atoms with van der Waals surface area (Å²) in [5.41, 5.74) is 0.307. The lowest BCUT2D eigenvalue weighted by Crippen LogP contribution is -2.13. The number of halogens is 1. The molecule has 0 fully saturated rings. The smallest absolute Gasteiger partial charge is 0.259 e. The first kappa shape index (κ1) is 11.7. The van der Waals surface area contributed by atoms with Crippen molar-refractivity contribution in [2.75, 3.05) is 17.7 Å². The number of hydrogen-bond donors (Lipinski definition) is 2. The monoisotopic (exact) mass is 270 g/mol. The van der Waals surface area contributed by atoms with E-state index in [2.05, 4.69) is 30.4 Å². The lowest BCUT2D eigenvalue weighted by Gasteiger charge is -2.05. The minimum Gasteiger partial charge on any atom is -0.373 e. The molecular weight excluding hydrogens is 264 g/mol. The Morgan fingerprint density at radius 1 is 1.53 bits per heavy atom. The Morgan fingerprint density at radius 3 is 3.00 bits per heavy atom. The summed E-state index contributed by atoms with van der Waals surface area (Å²) in [6, 6.07) is 1.55. The van der Waals surface area contributed by atoms with Gasteiger partial charge in [-0.1, -0.05) is 21.2 Å². The highest BCUT2D eigenvalue weighted by Gasteiger charge is 2.13. The third-order valence-corrected chi connectivity index (χ3v) is 2.69. The summed E-state index contributed by atoms with van der Waals surface area (Å²) in [5, 5.41) is 12.9. The fraction of sp³-hybridized carbons (Fsp3) is 0.125. The molecular formula is C8H7ClN6OS. The van der Waals surface area contributed by atoms with Crippen molar-refractivity contribution in [1.82, 2.24) is 19.8 Å². The summed E-state index contributed by atoms with van der Waals surface area (Å²) in [7, 11) is 1.70. The van der Waals surface area contributed by atoms with E-state index in [0.717, 1.165) is 11.5 Å². The highest BCUT2D eigenvalue weighted by molar-refractivity contribution is 7.09. The molecule has 0 spiro atoms. The molecule has 0 atom stereocenters. The van der Waals surface area contributed by atoms with Crippen LogP contribution in [0.1, 0.15) is 10.4 Å². The van der Waals surface area contributed by atoms with Crippen molar-refractivity contribution in [3.05, 3.63) is 22.8 Å². The number of rotatable bonds is 3. The highest BCUT2D eigenvalue weighted by atomic mass is 35.5. The van der Waals surface area contributed by atoms with Crippen LogP contribution >= 0.6 is 23.1 Å². The number of carbonyl (C=O) groups is 1. The molecule has 0 saturated heterocycles. The topological polar surface area (TPSA) is 92.7 Å². The first-order valence-corrected chi connectivity index (χ1v) is 5.65. The Balaban J connectivity index is 2.24. The third kappa shape index (κ3) is 2.66. The van der Waals surface area contributed by atoms with Crippen molar-refractivity contribution in [2.45, 2.75) is 0 Å². The zero-order chi connectivity index (χ0) is 12.3. The highest BCUT2D eigenvalue weighted by Crippen LogP contribution is 2.19. The summed E-state index contributed by atoms with van der Waals surface area (Å²) < 4.78 is 3.53. The van der Waals surface area contributed by atoms with Crippen LogP contribution in [0.25, 0.3) is 0 Å². The van der Waals surface area contributed by atoms with Gasteiger partial charge in [0.25, 0.3) is 5.91 Å². The van der Waals surface area contributed by atoms with Crippen molar-refractivity contribution in [2.24, 2.45) is 0 Å². The van der Waals surface area contributed by atoms with Crippen molar-refractivity contribution in [3.63, 3.8) is 0 Å². The van der Waals surface area contributed by atoms with E-state index in [1.54, 1.807) is 13.1 Å². The van der Waals surface area contributed by atoms with Gasteiger partial charge in [0.1, 0.15) is 5.82 Å². The van der Waals surface area contributed by atoms with Gasteiger partial charge >= 0.3 is 0 Å². The second-order valence-corrected chi connectivity index (χ2v) is 4.06. The third-order valence-electron chi connectivity index (χ3n) is 1.88. The van der Waals surface area contributed by atoms with E-state index in [-0.39, 0.29) is 10.9 Å². The summed E-state index contributed by atoms with van der Waals surface area (Å²) in [5.74, 6) is 0.169. The molecule has 1 amide bonds. The number of aromatic nitrogens is 4. The Morgan fingerprint density at radius 2 is 2.35 bits per heavy atom. The maximum atomic E-state index is 11.9. The Kier molecular flexibility index (Phi) is 3.45. The zero-order valence-electron chi connectivity index (χ0n) is 8.64. The van der Waals surface area contributed by atoms with Crippen LogP contribution in [-0.4, -0.2) is 32.7 Å². The molecule has 2 aromatic rings. The molecule has 7 nitrogen and oxygen atoms in total. The number of amides is 1. The van der Waals surface area contributed by atoms with Gasteiger partial charge in [0.05, 0.1) is 10.6 Å². The zero-order valence-corrected chi connectivity index (χ0v) is 10.2. The van der Waals surface area contributed by atoms with E-state index in [1.165, 1.54) is 6.20 Å². The lowest BCUT2D eigenvalue weighted by molar-refractivity contribution is 0.102. The number of anilines is 2. The first-order chi connectivity index (χ1) is 8.20. The predicted molar refractivity (Wildman–Crippen MR) is 64.5 cm³/mol. The lowest BCUT2D eigenvalue weighted by atomic mass is 10.2. The number of pyridine rings is 1.